The van der Waals surface area contributed by atoms with Crippen molar-refractivity contribution in [1.29, 1.82) is 0 Å². The minimum Gasteiger partial charge on any atom is -0.452 e. The molecule has 0 unspecified atom stereocenters. The van der Waals surface area contributed by atoms with Gasteiger partial charge in [0.2, 0.25) is 10.0 Å². The summed E-state index contributed by atoms with van der Waals surface area (Å²) in [6.45, 7) is 2.21. The molecule has 0 N–H and O–H groups in total. The highest BCUT2D eigenvalue weighted by Gasteiger charge is 2.33. The van der Waals surface area contributed by atoms with Crippen molar-refractivity contribution >= 4 is 37.6 Å². The maximum atomic E-state index is 12.7. The summed E-state index contributed by atoms with van der Waals surface area (Å²) in [5.41, 5.74) is 0. The van der Waals surface area contributed by atoms with Crippen LogP contribution in [-0.4, -0.2) is 25.8 Å². The Hall–Kier alpha value is -0.0400. The van der Waals surface area contributed by atoms with E-state index >= 15 is 0 Å². The van der Waals surface area contributed by atoms with Crippen LogP contribution in [0.4, 0.5) is 0 Å². The Bertz CT molecular complexity index is 564. The van der Waals surface area contributed by atoms with Gasteiger partial charge in [-0.3, -0.25) is 0 Å². The van der Waals surface area contributed by atoms with Gasteiger partial charge in [0.05, 0.1) is 5.88 Å². The van der Waals surface area contributed by atoms with Crippen LogP contribution in [0.3, 0.4) is 0 Å². The molecule has 20 heavy (non-hydrogen) atoms. The summed E-state index contributed by atoms with van der Waals surface area (Å²) in [7, 11) is -1.89. The van der Waals surface area contributed by atoms with Gasteiger partial charge in [-0.15, -0.1) is 11.6 Å². The minimum atomic E-state index is -3.54. The zero-order valence-corrected chi connectivity index (χ0v) is 14.8. The molecule has 0 bridgehead atoms. The first-order chi connectivity index (χ1) is 9.36. The highest BCUT2D eigenvalue weighted by Crippen LogP contribution is 2.33. The van der Waals surface area contributed by atoms with E-state index < -0.39 is 10.0 Å². The molecule has 1 aromatic rings. The van der Waals surface area contributed by atoms with Crippen molar-refractivity contribution in [2.45, 2.75) is 49.4 Å². The Morgan fingerprint density at radius 1 is 1.40 bits per heavy atom. The summed E-state index contributed by atoms with van der Waals surface area (Å²) in [6, 6.07) is 1.56. The Labute approximate surface area is 133 Å². The fourth-order valence-corrected chi connectivity index (χ4v) is 5.10. The van der Waals surface area contributed by atoms with Crippen molar-refractivity contribution in [2.24, 2.45) is 5.92 Å². The lowest BCUT2D eigenvalue weighted by atomic mass is 9.87. The summed E-state index contributed by atoms with van der Waals surface area (Å²) in [5.74, 6) is 1.28. The first-order valence-electron chi connectivity index (χ1n) is 6.68. The number of alkyl halides is 1. The Balaban J connectivity index is 2.22. The molecule has 1 heterocycles. The number of furan rings is 1. The second kappa shape index (κ2) is 6.38. The molecule has 0 radical (unpaired) electrons. The molecule has 0 aliphatic heterocycles. The van der Waals surface area contributed by atoms with Crippen LogP contribution in [0.15, 0.2) is 20.0 Å². The van der Waals surface area contributed by atoms with Crippen molar-refractivity contribution < 1.29 is 12.8 Å². The summed E-state index contributed by atoms with van der Waals surface area (Å²) >= 11 is 8.85. The number of rotatable bonds is 4. The topological polar surface area (TPSA) is 50.5 Å². The van der Waals surface area contributed by atoms with Gasteiger partial charge in [-0.1, -0.05) is 6.92 Å². The largest absolute Gasteiger partial charge is 0.452 e. The summed E-state index contributed by atoms with van der Waals surface area (Å²) in [4.78, 5) is 0.161. The summed E-state index contributed by atoms with van der Waals surface area (Å²) in [5, 5.41) is 0. The number of nitrogens with zero attached hydrogens (tertiary/aromatic N) is 1. The first kappa shape index (κ1) is 16.3. The molecule has 4 nitrogen and oxygen atoms in total. The second-order valence-electron chi connectivity index (χ2n) is 5.42. The van der Waals surface area contributed by atoms with E-state index in [9.17, 15) is 8.42 Å². The van der Waals surface area contributed by atoms with Crippen LogP contribution in [0.5, 0.6) is 0 Å². The molecule has 1 fully saturated rings. The molecule has 0 atom stereocenters. The Kier molecular flexibility index (Phi) is 5.21. The minimum absolute atomic E-state index is 0.0671. The highest BCUT2D eigenvalue weighted by atomic mass is 79.9. The summed E-state index contributed by atoms with van der Waals surface area (Å²) in [6.07, 6.45) is 3.97. The van der Waals surface area contributed by atoms with Crippen LogP contribution < -0.4 is 0 Å². The van der Waals surface area contributed by atoms with E-state index in [1.807, 2.05) is 0 Å². The van der Waals surface area contributed by atoms with Crippen LogP contribution in [-0.2, 0) is 15.9 Å². The highest BCUT2D eigenvalue weighted by molar-refractivity contribution is 9.10. The number of hydrogen-bond acceptors (Lipinski definition) is 3. The average molecular weight is 385 g/mol. The number of hydrogen-bond donors (Lipinski definition) is 0. The summed E-state index contributed by atoms with van der Waals surface area (Å²) < 4.78 is 32.3. The number of halogens is 2. The van der Waals surface area contributed by atoms with Crippen molar-refractivity contribution in [2.75, 3.05) is 7.05 Å². The molecule has 0 aromatic carbocycles. The molecule has 0 spiro atoms. The molecule has 1 saturated carbocycles. The quantitative estimate of drug-likeness (QED) is 0.738. The maximum Gasteiger partial charge on any atom is 0.247 e. The predicted octanol–water partition coefficient (Wildman–Crippen LogP) is 3.98. The molecule has 1 aromatic heterocycles. The lowest BCUT2D eigenvalue weighted by Crippen LogP contribution is -2.39. The number of sulfonamides is 1. The first-order valence-corrected chi connectivity index (χ1v) is 9.45. The normalized spacial score (nSPS) is 24.2. The van der Waals surface area contributed by atoms with Gasteiger partial charge in [-0.25, -0.2) is 8.42 Å². The molecule has 0 amide bonds. The van der Waals surface area contributed by atoms with E-state index in [4.69, 9.17) is 16.0 Å². The molecular weight excluding hydrogens is 366 g/mol. The maximum absolute atomic E-state index is 12.7. The predicted molar refractivity (Wildman–Crippen MR) is 82.3 cm³/mol. The lowest BCUT2D eigenvalue weighted by molar-refractivity contribution is 0.246. The van der Waals surface area contributed by atoms with Crippen molar-refractivity contribution in [3.63, 3.8) is 0 Å². The van der Waals surface area contributed by atoms with Gasteiger partial charge in [0, 0.05) is 19.2 Å². The lowest BCUT2D eigenvalue weighted by Gasteiger charge is -2.32. The fourth-order valence-electron chi connectivity index (χ4n) is 2.60. The third-order valence-electron chi connectivity index (χ3n) is 3.99. The molecule has 114 valence electrons. The van der Waals surface area contributed by atoms with Gasteiger partial charge < -0.3 is 4.42 Å². The molecule has 0 saturated heterocycles. The van der Waals surface area contributed by atoms with Gasteiger partial charge >= 0.3 is 0 Å². The van der Waals surface area contributed by atoms with E-state index in [1.54, 1.807) is 7.05 Å². The van der Waals surface area contributed by atoms with Gasteiger partial charge in [0.15, 0.2) is 4.67 Å². The van der Waals surface area contributed by atoms with Gasteiger partial charge in [0.1, 0.15) is 10.7 Å². The second-order valence-corrected chi connectivity index (χ2v) is 8.37. The van der Waals surface area contributed by atoms with E-state index in [1.165, 1.54) is 10.4 Å². The van der Waals surface area contributed by atoms with Crippen LogP contribution in [0.25, 0.3) is 0 Å². The van der Waals surface area contributed by atoms with E-state index in [-0.39, 0.29) is 21.5 Å². The third kappa shape index (κ3) is 3.24. The van der Waals surface area contributed by atoms with Crippen molar-refractivity contribution in [3.8, 4) is 0 Å². The molecular formula is C13H19BrClNO3S. The molecule has 2 rings (SSSR count). The fraction of sp³-hybridized carbons (Fsp3) is 0.692. The average Bonchev–Trinajstić information content (AvgIpc) is 2.81. The molecule has 1 aliphatic carbocycles. The van der Waals surface area contributed by atoms with E-state index in [2.05, 4.69) is 22.9 Å². The van der Waals surface area contributed by atoms with Gasteiger partial charge in [0.25, 0.3) is 0 Å². The SMILES string of the molecule is CC1CCC(N(C)S(=O)(=O)c2cc(CCl)oc2Br)CC1. The Morgan fingerprint density at radius 3 is 2.50 bits per heavy atom. The smallest absolute Gasteiger partial charge is 0.247 e. The van der Waals surface area contributed by atoms with Crippen molar-refractivity contribution in [3.05, 3.63) is 16.5 Å². The van der Waals surface area contributed by atoms with Crippen LogP contribution in [0, 0.1) is 5.92 Å². The van der Waals surface area contributed by atoms with E-state index in [0.29, 0.717) is 11.7 Å². The van der Waals surface area contributed by atoms with Gasteiger partial charge in [-0.2, -0.15) is 4.31 Å². The molecule has 1 aliphatic rings. The zero-order chi connectivity index (χ0) is 14.9. The van der Waals surface area contributed by atoms with Gasteiger partial charge in [-0.05, 0) is 47.5 Å². The third-order valence-corrected chi connectivity index (χ3v) is 7.03. The zero-order valence-electron chi connectivity index (χ0n) is 11.6. The van der Waals surface area contributed by atoms with Crippen LogP contribution in [0.2, 0.25) is 0 Å². The van der Waals surface area contributed by atoms with Crippen molar-refractivity contribution in [1.82, 2.24) is 4.31 Å². The van der Waals surface area contributed by atoms with Crippen LogP contribution >= 0.6 is 27.5 Å². The monoisotopic (exact) mass is 383 g/mol. The Morgan fingerprint density at radius 2 is 2.00 bits per heavy atom. The standard InChI is InChI=1S/C13H19BrClNO3S/c1-9-3-5-10(6-4-9)16(2)20(17,18)12-7-11(8-15)19-13(12)14/h7,9-10H,3-6,8H2,1-2H3. The van der Waals surface area contributed by atoms with E-state index in [0.717, 1.165) is 25.7 Å². The van der Waals surface area contributed by atoms with Crippen LogP contribution in [0.1, 0.15) is 38.4 Å². The molecule has 7 heteroatoms.